The van der Waals surface area contributed by atoms with E-state index in [2.05, 4.69) is 5.32 Å². The lowest BCUT2D eigenvalue weighted by Gasteiger charge is -2.22. The molecule has 0 saturated carbocycles. The van der Waals surface area contributed by atoms with Crippen LogP contribution < -0.4 is 5.32 Å². The summed E-state index contributed by atoms with van der Waals surface area (Å²) in [7, 11) is 0. The number of carboxylic acids is 1. The minimum atomic E-state index is -1.08. The van der Waals surface area contributed by atoms with Gasteiger partial charge >= 0.3 is 12.1 Å². The molecule has 2 rings (SSSR count). The van der Waals surface area contributed by atoms with Crippen LogP contribution in [0.1, 0.15) is 18.5 Å². The fourth-order valence-corrected chi connectivity index (χ4v) is 2.54. The van der Waals surface area contributed by atoms with Gasteiger partial charge in [0.05, 0.1) is 5.92 Å². The average molecular weight is 278 g/mol. The van der Waals surface area contributed by atoms with E-state index in [1.54, 1.807) is 0 Å². The topological polar surface area (TPSA) is 89.9 Å². The van der Waals surface area contributed by atoms with E-state index in [0.29, 0.717) is 0 Å². The van der Waals surface area contributed by atoms with E-state index in [1.807, 2.05) is 37.3 Å². The molecular formula is C14H18N2O4. The predicted octanol–water partition coefficient (Wildman–Crippen LogP) is 1.40. The Morgan fingerprint density at radius 2 is 1.90 bits per heavy atom. The minimum Gasteiger partial charge on any atom is -0.481 e. The molecule has 20 heavy (non-hydrogen) atoms. The molecule has 1 aromatic carbocycles. The molecule has 0 bridgehead atoms. The van der Waals surface area contributed by atoms with Crippen molar-refractivity contribution < 1.29 is 19.8 Å². The standard InChI is InChI=1S/C14H18N2O4/c1-9(10-5-3-2-4-6-10)15-12-8-16(14(19)20)7-11(12)13(17)18/h2-6,9,11-12,15H,7-8H2,1H3,(H,17,18)(H,19,20)/t9-,11-,12-/m1/s1. The summed E-state index contributed by atoms with van der Waals surface area (Å²) in [6.07, 6.45) is -1.08. The van der Waals surface area contributed by atoms with Gasteiger partial charge in [-0.2, -0.15) is 0 Å². The molecule has 3 N–H and O–H groups in total. The third kappa shape index (κ3) is 3.08. The number of benzene rings is 1. The highest BCUT2D eigenvalue weighted by molar-refractivity contribution is 5.74. The van der Waals surface area contributed by atoms with Gasteiger partial charge in [-0.05, 0) is 12.5 Å². The lowest BCUT2D eigenvalue weighted by atomic mass is 10.0. The summed E-state index contributed by atoms with van der Waals surface area (Å²) in [4.78, 5) is 23.4. The molecular weight excluding hydrogens is 260 g/mol. The van der Waals surface area contributed by atoms with E-state index in [9.17, 15) is 14.7 Å². The average Bonchev–Trinajstić information content (AvgIpc) is 2.84. The maximum Gasteiger partial charge on any atom is 0.407 e. The fraction of sp³-hybridized carbons (Fsp3) is 0.429. The number of nitrogens with zero attached hydrogens (tertiary/aromatic N) is 1. The molecule has 0 unspecified atom stereocenters. The van der Waals surface area contributed by atoms with E-state index in [0.717, 1.165) is 10.5 Å². The minimum absolute atomic E-state index is 0.0307. The lowest BCUT2D eigenvalue weighted by Crippen LogP contribution is -2.41. The maximum absolute atomic E-state index is 11.2. The number of carboxylic acid groups (broad SMARTS) is 2. The van der Waals surface area contributed by atoms with Crippen molar-refractivity contribution in [2.24, 2.45) is 5.92 Å². The quantitative estimate of drug-likeness (QED) is 0.774. The van der Waals surface area contributed by atoms with Crippen LogP contribution in [0.4, 0.5) is 4.79 Å². The number of amides is 1. The van der Waals surface area contributed by atoms with Crippen LogP contribution in [0.5, 0.6) is 0 Å². The van der Waals surface area contributed by atoms with E-state index < -0.39 is 18.0 Å². The van der Waals surface area contributed by atoms with E-state index in [1.165, 1.54) is 0 Å². The molecule has 0 aliphatic carbocycles. The molecule has 1 saturated heterocycles. The molecule has 3 atom stereocenters. The van der Waals surface area contributed by atoms with Crippen molar-refractivity contribution in [1.29, 1.82) is 0 Å². The van der Waals surface area contributed by atoms with Crippen molar-refractivity contribution in [1.82, 2.24) is 10.2 Å². The zero-order valence-electron chi connectivity index (χ0n) is 11.2. The molecule has 0 radical (unpaired) electrons. The molecule has 108 valence electrons. The summed E-state index contributed by atoms with van der Waals surface area (Å²) in [5.41, 5.74) is 1.05. The zero-order chi connectivity index (χ0) is 14.7. The Kier molecular flexibility index (Phi) is 4.24. The van der Waals surface area contributed by atoms with Crippen LogP contribution in [0.3, 0.4) is 0 Å². The summed E-state index contributed by atoms with van der Waals surface area (Å²) < 4.78 is 0. The summed E-state index contributed by atoms with van der Waals surface area (Å²) >= 11 is 0. The monoisotopic (exact) mass is 278 g/mol. The number of nitrogens with one attached hydrogen (secondary N) is 1. The van der Waals surface area contributed by atoms with E-state index >= 15 is 0 Å². The Labute approximate surface area is 117 Å². The highest BCUT2D eigenvalue weighted by Crippen LogP contribution is 2.21. The number of rotatable bonds is 4. The molecule has 1 amide bonds. The van der Waals surface area contributed by atoms with Gasteiger partial charge in [-0.1, -0.05) is 30.3 Å². The van der Waals surface area contributed by atoms with Crippen molar-refractivity contribution in [2.75, 3.05) is 13.1 Å². The van der Waals surface area contributed by atoms with Gasteiger partial charge in [-0.25, -0.2) is 4.79 Å². The van der Waals surface area contributed by atoms with Gasteiger partial charge in [0.15, 0.2) is 0 Å². The maximum atomic E-state index is 11.2. The third-order valence-corrected chi connectivity index (χ3v) is 3.67. The van der Waals surface area contributed by atoms with Gasteiger partial charge in [0.2, 0.25) is 0 Å². The van der Waals surface area contributed by atoms with Crippen molar-refractivity contribution in [3.63, 3.8) is 0 Å². The fourth-order valence-electron chi connectivity index (χ4n) is 2.54. The normalized spacial score (nSPS) is 23.6. The molecule has 1 aliphatic rings. The number of aliphatic carboxylic acids is 1. The zero-order valence-corrected chi connectivity index (χ0v) is 11.2. The third-order valence-electron chi connectivity index (χ3n) is 3.67. The Bertz CT molecular complexity index is 491. The summed E-state index contributed by atoms with van der Waals surface area (Å²) in [5, 5.41) is 21.4. The highest BCUT2D eigenvalue weighted by atomic mass is 16.4. The second kappa shape index (κ2) is 5.92. The van der Waals surface area contributed by atoms with E-state index in [-0.39, 0.29) is 25.2 Å². The van der Waals surface area contributed by atoms with Crippen molar-refractivity contribution >= 4 is 12.1 Å². The number of hydrogen-bond acceptors (Lipinski definition) is 3. The second-order valence-electron chi connectivity index (χ2n) is 5.04. The largest absolute Gasteiger partial charge is 0.481 e. The van der Waals surface area contributed by atoms with Crippen LogP contribution in [0, 0.1) is 5.92 Å². The van der Waals surface area contributed by atoms with Gasteiger partial charge in [-0.15, -0.1) is 0 Å². The van der Waals surface area contributed by atoms with Crippen LogP contribution in [0.25, 0.3) is 0 Å². The van der Waals surface area contributed by atoms with Crippen LogP contribution >= 0.6 is 0 Å². The summed E-state index contributed by atoms with van der Waals surface area (Å²) in [5.74, 6) is -1.68. The lowest BCUT2D eigenvalue weighted by molar-refractivity contribution is -0.141. The van der Waals surface area contributed by atoms with E-state index in [4.69, 9.17) is 5.11 Å². The first kappa shape index (κ1) is 14.3. The molecule has 6 heteroatoms. The smallest absolute Gasteiger partial charge is 0.407 e. The summed E-state index contributed by atoms with van der Waals surface area (Å²) in [6.45, 7) is 2.17. The molecule has 1 heterocycles. The molecule has 0 aromatic heterocycles. The summed E-state index contributed by atoms with van der Waals surface area (Å²) in [6, 6.07) is 9.25. The first-order chi connectivity index (χ1) is 9.49. The SMILES string of the molecule is C[C@@H](N[C@@H]1CN(C(=O)O)C[C@H]1C(=O)O)c1ccccc1. The molecule has 1 aliphatic heterocycles. The first-order valence-corrected chi connectivity index (χ1v) is 6.50. The molecule has 0 spiro atoms. The Balaban J connectivity index is 2.07. The van der Waals surface area contributed by atoms with Crippen molar-refractivity contribution in [2.45, 2.75) is 19.0 Å². The Morgan fingerprint density at radius 1 is 1.25 bits per heavy atom. The van der Waals surface area contributed by atoms with Gasteiger partial charge < -0.3 is 20.4 Å². The van der Waals surface area contributed by atoms with Crippen LogP contribution in [0.15, 0.2) is 30.3 Å². The van der Waals surface area contributed by atoms with Crippen LogP contribution in [0.2, 0.25) is 0 Å². The number of likely N-dealkylation sites (tertiary alicyclic amines) is 1. The van der Waals surface area contributed by atoms with Gasteiger partial charge in [0, 0.05) is 25.2 Å². The Morgan fingerprint density at radius 3 is 2.45 bits per heavy atom. The van der Waals surface area contributed by atoms with Gasteiger partial charge in [0.1, 0.15) is 0 Å². The first-order valence-electron chi connectivity index (χ1n) is 6.50. The van der Waals surface area contributed by atoms with Crippen molar-refractivity contribution in [3.05, 3.63) is 35.9 Å². The predicted molar refractivity (Wildman–Crippen MR) is 72.5 cm³/mol. The van der Waals surface area contributed by atoms with Crippen molar-refractivity contribution in [3.8, 4) is 0 Å². The molecule has 1 aromatic rings. The molecule has 6 nitrogen and oxygen atoms in total. The highest BCUT2D eigenvalue weighted by Gasteiger charge is 2.40. The molecule has 1 fully saturated rings. The van der Waals surface area contributed by atoms with Crippen LogP contribution in [-0.2, 0) is 4.79 Å². The van der Waals surface area contributed by atoms with Gasteiger partial charge in [0.25, 0.3) is 0 Å². The second-order valence-corrected chi connectivity index (χ2v) is 5.04. The Hall–Kier alpha value is -2.08. The number of carbonyl (C=O) groups is 2. The van der Waals surface area contributed by atoms with Gasteiger partial charge in [-0.3, -0.25) is 4.79 Å². The number of hydrogen-bond donors (Lipinski definition) is 3. The van der Waals surface area contributed by atoms with Crippen LogP contribution in [-0.4, -0.2) is 46.3 Å².